The van der Waals surface area contributed by atoms with Gasteiger partial charge in [0.15, 0.2) is 0 Å². The number of aromatic amines is 1. The van der Waals surface area contributed by atoms with Crippen LogP contribution >= 0.6 is 0 Å². The van der Waals surface area contributed by atoms with Gasteiger partial charge >= 0.3 is 0 Å². The van der Waals surface area contributed by atoms with E-state index in [1.54, 1.807) is 7.11 Å². The number of nitrogens with zero attached hydrogens (tertiary/aromatic N) is 1. The van der Waals surface area contributed by atoms with Crippen LogP contribution in [-0.4, -0.2) is 48.6 Å². The van der Waals surface area contributed by atoms with Crippen LogP contribution in [0.5, 0.6) is 5.75 Å². The number of carbonyl (C=O) groups is 1. The minimum Gasteiger partial charge on any atom is -0.497 e. The Morgan fingerprint density at radius 3 is 2.84 bits per heavy atom. The highest BCUT2D eigenvalue weighted by Crippen LogP contribution is 2.40. The zero-order valence-corrected chi connectivity index (χ0v) is 15.1. The molecule has 0 saturated heterocycles. The van der Waals surface area contributed by atoms with Crippen LogP contribution in [0.3, 0.4) is 0 Å². The van der Waals surface area contributed by atoms with Crippen molar-refractivity contribution in [2.24, 2.45) is 5.92 Å². The van der Waals surface area contributed by atoms with Crippen LogP contribution in [0, 0.1) is 5.92 Å². The summed E-state index contributed by atoms with van der Waals surface area (Å²) in [5.74, 6) is 0.949. The van der Waals surface area contributed by atoms with Crippen LogP contribution < -0.4 is 10.1 Å². The van der Waals surface area contributed by atoms with Crippen molar-refractivity contribution in [3.8, 4) is 5.75 Å². The fourth-order valence-electron chi connectivity index (χ4n) is 4.20. The topological polar surface area (TPSA) is 57.4 Å². The number of aromatic nitrogens is 1. The van der Waals surface area contributed by atoms with Crippen molar-refractivity contribution in [1.82, 2.24) is 15.2 Å². The van der Waals surface area contributed by atoms with Crippen molar-refractivity contribution in [3.05, 3.63) is 35.5 Å². The van der Waals surface area contributed by atoms with Gasteiger partial charge in [0.25, 0.3) is 0 Å². The summed E-state index contributed by atoms with van der Waals surface area (Å²) < 4.78 is 5.48. The number of carbonyl (C=O) groups excluding carboxylic acids is 1. The molecule has 2 aromatic rings. The SMILES string of the molecule is CCN(CC)C(=O)C1C=C2c3cc(OC)cc4[nH]cc(c34)CC2NC1. The highest BCUT2D eigenvalue weighted by molar-refractivity contribution is 6.00. The average Bonchev–Trinajstić information content (AvgIpc) is 3.05. The highest BCUT2D eigenvalue weighted by atomic mass is 16.5. The van der Waals surface area contributed by atoms with E-state index < -0.39 is 0 Å². The van der Waals surface area contributed by atoms with Gasteiger partial charge in [0.05, 0.1) is 13.0 Å². The van der Waals surface area contributed by atoms with Gasteiger partial charge in [-0.25, -0.2) is 0 Å². The fraction of sp³-hybridized carbons (Fsp3) is 0.450. The van der Waals surface area contributed by atoms with E-state index in [2.05, 4.69) is 28.6 Å². The molecule has 2 aliphatic rings. The number of rotatable bonds is 4. The second-order valence-electron chi connectivity index (χ2n) is 6.82. The van der Waals surface area contributed by atoms with Crippen molar-refractivity contribution >= 4 is 22.4 Å². The van der Waals surface area contributed by atoms with Gasteiger partial charge in [0.2, 0.25) is 5.91 Å². The molecule has 1 aromatic carbocycles. The summed E-state index contributed by atoms with van der Waals surface area (Å²) in [7, 11) is 1.69. The van der Waals surface area contributed by atoms with Crippen LogP contribution in [0.15, 0.2) is 24.4 Å². The van der Waals surface area contributed by atoms with E-state index in [1.165, 1.54) is 22.1 Å². The standard InChI is InChI=1S/C20H25N3O2/c1-4-23(5-2)20(24)13-6-15-16-8-14(25-3)9-18-19(16)12(10-22-18)7-17(15)21-11-13/h6,8-10,13,17,21-22H,4-5,7,11H2,1-3H3. The summed E-state index contributed by atoms with van der Waals surface area (Å²) in [6.45, 7) is 6.28. The molecule has 1 amide bonds. The Hall–Kier alpha value is -2.27. The normalized spacial score (nSPS) is 21.6. The maximum Gasteiger partial charge on any atom is 0.230 e. The molecule has 0 fully saturated rings. The first-order chi connectivity index (χ1) is 12.2. The predicted molar refractivity (Wildman–Crippen MR) is 99.7 cm³/mol. The largest absolute Gasteiger partial charge is 0.497 e. The van der Waals surface area contributed by atoms with E-state index in [1.807, 2.05) is 24.8 Å². The number of hydrogen-bond acceptors (Lipinski definition) is 3. The van der Waals surface area contributed by atoms with Crippen LogP contribution in [0.4, 0.5) is 0 Å². The van der Waals surface area contributed by atoms with Crippen LogP contribution in [-0.2, 0) is 11.2 Å². The lowest BCUT2D eigenvalue weighted by atomic mass is 9.80. The van der Waals surface area contributed by atoms with E-state index in [0.29, 0.717) is 6.54 Å². The Morgan fingerprint density at radius 1 is 1.32 bits per heavy atom. The molecule has 0 bridgehead atoms. The summed E-state index contributed by atoms with van der Waals surface area (Å²) in [4.78, 5) is 18.1. The summed E-state index contributed by atoms with van der Waals surface area (Å²) in [6, 6.07) is 4.40. The first kappa shape index (κ1) is 16.2. The number of nitrogens with one attached hydrogen (secondary N) is 2. The smallest absolute Gasteiger partial charge is 0.230 e. The van der Waals surface area contributed by atoms with Crippen LogP contribution in [0.2, 0.25) is 0 Å². The molecule has 0 spiro atoms. The lowest BCUT2D eigenvalue weighted by Crippen LogP contribution is -2.46. The molecule has 5 heteroatoms. The number of amides is 1. The Kier molecular flexibility index (Phi) is 4.04. The summed E-state index contributed by atoms with van der Waals surface area (Å²) in [6.07, 6.45) is 5.24. The summed E-state index contributed by atoms with van der Waals surface area (Å²) in [5, 5.41) is 4.86. The van der Waals surface area contributed by atoms with Crippen LogP contribution in [0.25, 0.3) is 16.5 Å². The van der Waals surface area contributed by atoms with Crippen molar-refractivity contribution in [3.63, 3.8) is 0 Å². The van der Waals surface area contributed by atoms with Crippen molar-refractivity contribution < 1.29 is 9.53 Å². The molecule has 5 nitrogen and oxygen atoms in total. The summed E-state index contributed by atoms with van der Waals surface area (Å²) >= 11 is 0. The molecule has 2 unspecified atom stereocenters. The molecule has 2 N–H and O–H groups in total. The van der Waals surface area contributed by atoms with E-state index >= 15 is 0 Å². The minimum absolute atomic E-state index is 0.104. The first-order valence-electron chi connectivity index (χ1n) is 9.08. The van der Waals surface area contributed by atoms with Gasteiger partial charge in [-0.2, -0.15) is 0 Å². The zero-order valence-electron chi connectivity index (χ0n) is 15.1. The Bertz CT molecular complexity index is 848. The number of methoxy groups -OCH3 is 1. The van der Waals surface area contributed by atoms with Crippen molar-refractivity contribution in [2.75, 3.05) is 26.7 Å². The predicted octanol–water partition coefficient (Wildman–Crippen LogP) is 2.57. The molecule has 4 rings (SSSR count). The van der Waals surface area contributed by atoms with Gasteiger partial charge in [0.1, 0.15) is 5.75 Å². The molecule has 25 heavy (non-hydrogen) atoms. The lowest BCUT2D eigenvalue weighted by Gasteiger charge is -2.35. The monoisotopic (exact) mass is 339 g/mol. The van der Waals surface area contributed by atoms with Crippen LogP contribution in [0.1, 0.15) is 25.0 Å². The zero-order chi connectivity index (χ0) is 17.6. The number of ether oxygens (including phenoxy) is 1. The van der Waals surface area contributed by atoms with Crippen molar-refractivity contribution in [1.29, 1.82) is 0 Å². The maximum atomic E-state index is 12.8. The maximum absolute atomic E-state index is 12.8. The summed E-state index contributed by atoms with van der Waals surface area (Å²) in [5.41, 5.74) is 4.84. The molecule has 2 heterocycles. The third kappa shape index (κ3) is 2.54. The second kappa shape index (κ2) is 6.23. The fourth-order valence-corrected chi connectivity index (χ4v) is 4.20. The Balaban J connectivity index is 1.80. The van der Waals surface area contributed by atoms with Gasteiger partial charge < -0.3 is 19.9 Å². The number of H-pyrrole nitrogens is 1. The Labute approximate surface area is 148 Å². The molecule has 0 radical (unpaired) electrons. The van der Waals surface area contributed by atoms with Crippen molar-refractivity contribution in [2.45, 2.75) is 26.3 Å². The van der Waals surface area contributed by atoms with E-state index in [-0.39, 0.29) is 17.9 Å². The second-order valence-corrected chi connectivity index (χ2v) is 6.82. The molecule has 0 saturated carbocycles. The quantitative estimate of drug-likeness (QED) is 0.900. The number of fused-ring (bicyclic) bond motifs is 2. The van der Waals surface area contributed by atoms with E-state index in [4.69, 9.17) is 4.74 Å². The molecule has 1 aliphatic heterocycles. The number of benzene rings is 1. The third-order valence-corrected chi connectivity index (χ3v) is 5.54. The highest BCUT2D eigenvalue weighted by Gasteiger charge is 2.33. The van der Waals surface area contributed by atoms with E-state index in [9.17, 15) is 4.79 Å². The average molecular weight is 339 g/mol. The third-order valence-electron chi connectivity index (χ3n) is 5.54. The van der Waals surface area contributed by atoms with Gasteiger partial charge in [-0.1, -0.05) is 6.08 Å². The molecule has 2 atom stereocenters. The molecular formula is C20H25N3O2. The molecular weight excluding hydrogens is 314 g/mol. The molecule has 1 aliphatic carbocycles. The number of hydrogen-bond donors (Lipinski definition) is 2. The van der Waals surface area contributed by atoms with Gasteiger partial charge in [0, 0.05) is 48.8 Å². The Morgan fingerprint density at radius 2 is 2.12 bits per heavy atom. The van der Waals surface area contributed by atoms with E-state index in [0.717, 1.165) is 30.8 Å². The first-order valence-corrected chi connectivity index (χ1v) is 9.08. The molecule has 132 valence electrons. The minimum atomic E-state index is -0.104. The van der Waals surface area contributed by atoms with Gasteiger partial charge in [-0.15, -0.1) is 0 Å². The van der Waals surface area contributed by atoms with Gasteiger partial charge in [-0.05, 0) is 43.0 Å². The lowest BCUT2D eigenvalue weighted by molar-refractivity contribution is -0.133. The van der Waals surface area contributed by atoms with Gasteiger partial charge in [-0.3, -0.25) is 4.79 Å². The molecule has 1 aromatic heterocycles.